The SMILES string of the molecule is Cc1ccc(C(CCN)C(F)(F)F)cn1. The van der Waals surface area contributed by atoms with Crippen molar-refractivity contribution in [3.8, 4) is 0 Å². The molecular formula is C10H13F3N2. The molecule has 1 atom stereocenters. The van der Waals surface area contributed by atoms with Crippen molar-refractivity contribution in [2.75, 3.05) is 6.54 Å². The monoisotopic (exact) mass is 218 g/mol. The van der Waals surface area contributed by atoms with Gasteiger partial charge in [-0.15, -0.1) is 0 Å². The van der Waals surface area contributed by atoms with Gasteiger partial charge in [0.05, 0.1) is 5.92 Å². The number of hydrogen-bond acceptors (Lipinski definition) is 2. The van der Waals surface area contributed by atoms with Crippen LogP contribution in [-0.2, 0) is 0 Å². The Morgan fingerprint density at radius 1 is 1.40 bits per heavy atom. The molecule has 0 saturated heterocycles. The van der Waals surface area contributed by atoms with E-state index in [4.69, 9.17) is 5.73 Å². The molecule has 0 saturated carbocycles. The molecule has 84 valence electrons. The second-order valence-electron chi connectivity index (χ2n) is 3.40. The van der Waals surface area contributed by atoms with Gasteiger partial charge in [-0.25, -0.2) is 0 Å². The van der Waals surface area contributed by atoms with Crippen LogP contribution >= 0.6 is 0 Å². The Bertz CT molecular complexity index is 305. The van der Waals surface area contributed by atoms with Crippen LogP contribution in [0.5, 0.6) is 0 Å². The van der Waals surface area contributed by atoms with Gasteiger partial charge in [0.25, 0.3) is 0 Å². The van der Waals surface area contributed by atoms with Crippen molar-refractivity contribution in [3.05, 3.63) is 29.6 Å². The van der Waals surface area contributed by atoms with Gasteiger partial charge in [0.15, 0.2) is 0 Å². The minimum absolute atomic E-state index is 0.0120. The molecule has 0 radical (unpaired) electrons. The summed E-state index contributed by atoms with van der Waals surface area (Å²) in [5.74, 6) is -1.50. The molecule has 15 heavy (non-hydrogen) atoms. The lowest BCUT2D eigenvalue weighted by atomic mass is 9.96. The minimum Gasteiger partial charge on any atom is -0.330 e. The average Bonchev–Trinajstić information content (AvgIpc) is 2.14. The molecule has 5 heteroatoms. The van der Waals surface area contributed by atoms with Gasteiger partial charge in [-0.1, -0.05) is 6.07 Å². The maximum absolute atomic E-state index is 12.6. The number of pyridine rings is 1. The number of aromatic nitrogens is 1. The van der Waals surface area contributed by atoms with E-state index in [0.29, 0.717) is 5.69 Å². The first-order valence-electron chi connectivity index (χ1n) is 4.64. The summed E-state index contributed by atoms with van der Waals surface area (Å²) in [5, 5.41) is 0. The number of nitrogens with two attached hydrogens (primary N) is 1. The summed E-state index contributed by atoms with van der Waals surface area (Å²) in [6, 6.07) is 3.03. The lowest BCUT2D eigenvalue weighted by molar-refractivity contribution is -0.151. The molecule has 0 aliphatic carbocycles. The molecule has 1 heterocycles. The fourth-order valence-corrected chi connectivity index (χ4v) is 1.37. The average molecular weight is 218 g/mol. The van der Waals surface area contributed by atoms with Gasteiger partial charge in [0, 0.05) is 11.9 Å². The summed E-state index contributed by atoms with van der Waals surface area (Å²) in [4.78, 5) is 3.85. The molecule has 2 nitrogen and oxygen atoms in total. The van der Waals surface area contributed by atoms with Gasteiger partial charge in [0.2, 0.25) is 0 Å². The van der Waals surface area contributed by atoms with E-state index >= 15 is 0 Å². The van der Waals surface area contributed by atoms with E-state index in [1.807, 2.05) is 0 Å². The molecule has 0 bridgehead atoms. The van der Waals surface area contributed by atoms with E-state index in [9.17, 15) is 13.2 Å². The topological polar surface area (TPSA) is 38.9 Å². The van der Waals surface area contributed by atoms with Crippen molar-refractivity contribution in [1.82, 2.24) is 4.98 Å². The van der Waals surface area contributed by atoms with Gasteiger partial charge in [-0.2, -0.15) is 13.2 Å². The smallest absolute Gasteiger partial charge is 0.330 e. The zero-order valence-electron chi connectivity index (χ0n) is 8.38. The van der Waals surface area contributed by atoms with Crippen LogP contribution in [0.1, 0.15) is 23.6 Å². The van der Waals surface area contributed by atoms with Gasteiger partial charge in [-0.05, 0) is 31.5 Å². The second kappa shape index (κ2) is 4.61. The summed E-state index contributed by atoms with van der Waals surface area (Å²) in [6.45, 7) is 1.74. The van der Waals surface area contributed by atoms with Crippen molar-refractivity contribution >= 4 is 0 Å². The third kappa shape index (κ3) is 3.20. The van der Waals surface area contributed by atoms with Crippen molar-refractivity contribution < 1.29 is 13.2 Å². The van der Waals surface area contributed by atoms with E-state index < -0.39 is 12.1 Å². The molecule has 1 aromatic rings. The zero-order valence-corrected chi connectivity index (χ0v) is 8.38. The van der Waals surface area contributed by atoms with Gasteiger partial charge in [0.1, 0.15) is 0 Å². The van der Waals surface area contributed by atoms with E-state index in [1.54, 1.807) is 13.0 Å². The van der Waals surface area contributed by atoms with Gasteiger partial charge in [-0.3, -0.25) is 4.98 Å². The molecule has 1 rings (SSSR count). The lowest BCUT2D eigenvalue weighted by Crippen LogP contribution is -2.23. The van der Waals surface area contributed by atoms with E-state index in [2.05, 4.69) is 4.98 Å². The molecule has 0 aliphatic heterocycles. The maximum Gasteiger partial charge on any atom is 0.395 e. The Morgan fingerprint density at radius 2 is 2.07 bits per heavy atom. The molecule has 0 fully saturated rings. The second-order valence-corrected chi connectivity index (χ2v) is 3.40. The largest absolute Gasteiger partial charge is 0.395 e. The van der Waals surface area contributed by atoms with E-state index in [1.165, 1.54) is 12.3 Å². The number of alkyl halides is 3. The molecular weight excluding hydrogens is 205 g/mol. The Morgan fingerprint density at radius 3 is 2.47 bits per heavy atom. The molecule has 0 amide bonds. The van der Waals surface area contributed by atoms with Crippen molar-refractivity contribution in [2.24, 2.45) is 5.73 Å². The normalized spacial score (nSPS) is 13.9. The minimum atomic E-state index is -4.25. The predicted octanol–water partition coefficient (Wildman–Crippen LogP) is 2.38. The van der Waals surface area contributed by atoms with Gasteiger partial charge >= 0.3 is 6.18 Å². The van der Waals surface area contributed by atoms with E-state index in [0.717, 1.165) is 0 Å². The van der Waals surface area contributed by atoms with Crippen LogP contribution in [-0.4, -0.2) is 17.7 Å². The lowest BCUT2D eigenvalue weighted by Gasteiger charge is -2.19. The molecule has 0 spiro atoms. The highest BCUT2D eigenvalue weighted by Crippen LogP contribution is 2.36. The number of hydrogen-bond donors (Lipinski definition) is 1. The molecule has 2 N–H and O–H groups in total. The highest BCUT2D eigenvalue weighted by molar-refractivity contribution is 5.19. The third-order valence-electron chi connectivity index (χ3n) is 2.19. The van der Waals surface area contributed by atoms with Crippen molar-refractivity contribution in [2.45, 2.75) is 25.4 Å². The first-order valence-corrected chi connectivity index (χ1v) is 4.64. The van der Waals surface area contributed by atoms with Crippen LogP contribution in [0.4, 0.5) is 13.2 Å². The Kier molecular flexibility index (Phi) is 3.68. The first kappa shape index (κ1) is 12.0. The van der Waals surface area contributed by atoms with Gasteiger partial charge < -0.3 is 5.73 Å². The third-order valence-corrected chi connectivity index (χ3v) is 2.19. The Balaban J connectivity index is 2.94. The summed E-state index contributed by atoms with van der Waals surface area (Å²) in [7, 11) is 0. The van der Waals surface area contributed by atoms with Crippen LogP contribution < -0.4 is 5.73 Å². The summed E-state index contributed by atoms with van der Waals surface area (Å²) < 4.78 is 37.8. The number of rotatable bonds is 3. The fraction of sp³-hybridized carbons (Fsp3) is 0.500. The van der Waals surface area contributed by atoms with Crippen LogP contribution in [0.15, 0.2) is 18.3 Å². The number of nitrogens with zero attached hydrogens (tertiary/aromatic N) is 1. The predicted molar refractivity (Wildman–Crippen MR) is 51.4 cm³/mol. The zero-order chi connectivity index (χ0) is 11.5. The van der Waals surface area contributed by atoms with E-state index in [-0.39, 0.29) is 18.5 Å². The van der Waals surface area contributed by atoms with Crippen LogP contribution in [0.3, 0.4) is 0 Å². The number of aryl methyl sites for hydroxylation is 1. The van der Waals surface area contributed by atoms with Crippen molar-refractivity contribution in [3.63, 3.8) is 0 Å². The first-order chi connectivity index (χ1) is 6.95. The maximum atomic E-state index is 12.6. The fourth-order valence-electron chi connectivity index (χ4n) is 1.37. The standard InChI is InChI=1S/C10H13F3N2/c1-7-2-3-8(6-15-7)9(4-5-14)10(11,12)13/h2-3,6,9H,4-5,14H2,1H3. The summed E-state index contributed by atoms with van der Waals surface area (Å²) in [6.07, 6.45) is -3.09. The molecule has 0 aliphatic rings. The Labute approximate surface area is 86.3 Å². The number of halogens is 3. The quantitative estimate of drug-likeness (QED) is 0.846. The molecule has 1 unspecified atom stereocenters. The molecule has 1 aromatic heterocycles. The highest BCUT2D eigenvalue weighted by Gasteiger charge is 2.39. The summed E-state index contributed by atoms with van der Waals surface area (Å²) >= 11 is 0. The van der Waals surface area contributed by atoms with Crippen LogP contribution in [0.25, 0.3) is 0 Å². The van der Waals surface area contributed by atoms with Crippen molar-refractivity contribution in [1.29, 1.82) is 0 Å². The van der Waals surface area contributed by atoms with Crippen LogP contribution in [0.2, 0.25) is 0 Å². The Hall–Kier alpha value is -1.10. The highest BCUT2D eigenvalue weighted by atomic mass is 19.4. The molecule has 0 aromatic carbocycles. The van der Waals surface area contributed by atoms with Crippen LogP contribution in [0, 0.1) is 6.92 Å². The summed E-state index contributed by atoms with van der Waals surface area (Å²) in [5.41, 5.74) is 6.05.